The number of hydrogen-bond acceptors (Lipinski definition) is 5. The van der Waals surface area contributed by atoms with Crippen molar-refractivity contribution in [3.8, 4) is 11.1 Å². The summed E-state index contributed by atoms with van der Waals surface area (Å²) in [7, 11) is 3.78. The minimum absolute atomic E-state index is 0.0216. The summed E-state index contributed by atoms with van der Waals surface area (Å²) in [5.41, 5.74) is 1.54. The molecule has 32 heavy (non-hydrogen) atoms. The molecule has 1 aromatic carbocycles. The Labute approximate surface area is 189 Å². The predicted octanol–water partition coefficient (Wildman–Crippen LogP) is 4.14. The topological polar surface area (TPSA) is 69.6 Å². The van der Waals surface area contributed by atoms with Crippen LogP contribution in [-0.2, 0) is 4.79 Å². The number of amides is 1. The molecule has 2 fully saturated rings. The summed E-state index contributed by atoms with van der Waals surface area (Å²) in [6.45, 7) is 1.26. The molecule has 1 saturated carbocycles. The van der Waals surface area contributed by atoms with Crippen molar-refractivity contribution in [1.29, 1.82) is 0 Å². The number of carbonyl (C=O) groups is 1. The molecule has 1 aromatic heterocycles. The van der Waals surface area contributed by atoms with Gasteiger partial charge in [0.1, 0.15) is 5.82 Å². The number of nitrogens with zero attached hydrogens (tertiary/aromatic N) is 4. The zero-order valence-corrected chi connectivity index (χ0v) is 19.1. The maximum Gasteiger partial charge on any atom is 0.225 e. The first kappa shape index (κ1) is 22.6. The largest absolute Gasteiger partial charge is 0.389 e. The van der Waals surface area contributed by atoms with Crippen LogP contribution in [0.5, 0.6) is 0 Å². The lowest BCUT2D eigenvalue weighted by Gasteiger charge is -2.37. The van der Waals surface area contributed by atoms with Gasteiger partial charge in [-0.1, -0.05) is 31.4 Å². The summed E-state index contributed by atoms with van der Waals surface area (Å²) < 4.78 is 13.9. The lowest BCUT2D eigenvalue weighted by Crippen LogP contribution is -2.44. The maximum absolute atomic E-state index is 13.9. The molecule has 0 spiro atoms. The summed E-state index contributed by atoms with van der Waals surface area (Å²) >= 11 is 0. The molecule has 1 amide bonds. The number of piperidine rings is 1. The van der Waals surface area contributed by atoms with E-state index in [1.54, 1.807) is 12.3 Å². The Hall–Kier alpha value is -2.54. The van der Waals surface area contributed by atoms with E-state index in [1.165, 1.54) is 12.1 Å². The Kier molecular flexibility index (Phi) is 6.74. The van der Waals surface area contributed by atoms with Gasteiger partial charge in [0.2, 0.25) is 11.9 Å². The molecular formula is C25H33FN4O2. The number of aliphatic hydroxyl groups is 1. The van der Waals surface area contributed by atoms with Crippen LogP contribution in [0.15, 0.2) is 30.5 Å². The second-order valence-electron chi connectivity index (χ2n) is 9.51. The third-order valence-corrected chi connectivity index (χ3v) is 6.77. The standard InChI is InChI=1S/C25H33FN4O2/c1-29(2)24-27-16-21(18-8-6-10-20(26)14-18)23(28-24)19-9-7-13-30(17-19)22(31)15-25(32)11-4-3-5-12-25/h6,8,10,14,16,19,32H,3-5,7,9,11-13,15,17H2,1-2H3/t19-/m0/s1. The summed E-state index contributed by atoms with van der Waals surface area (Å²) in [6.07, 6.45) is 8.25. The molecule has 172 valence electrons. The molecule has 2 heterocycles. The molecular weight excluding hydrogens is 407 g/mol. The van der Waals surface area contributed by atoms with Crippen molar-refractivity contribution in [3.63, 3.8) is 0 Å². The summed E-state index contributed by atoms with van der Waals surface area (Å²) in [4.78, 5) is 26.1. The van der Waals surface area contributed by atoms with E-state index in [2.05, 4.69) is 4.98 Å². The number of hydrogen-bond donors (Lipinski definition) is 1. The Balaban J connectivity index is 1.59. The van der Waals surface area contributed by atoms with E-state index in [-0.39, 0.29) is 24.1 Å². The summed E-state index contributed by atoms with van der Waals surface area (Å²) in [5.74, 6) is 0.355. The van der Waals surface area contributed by atoms with Gasteiger partial charge in [-0.3, -0.25) is 4.79 Å². The molecule has 1 N–H and O–H groups in total. The highest BCUT2D eigenvalue weighted by atomic mass is 19.1. The predicted molar refractivity (Wildman–Crippen MR) is 123 cm³/mol. The van der Waals surface area contributed by atoms with E-state index < -0.39 is 5.60 Å². The van der Waals surface area contributed by atoms with Crippen LogP contribution in [0.4, 0.5) is 10.3 Å². The van der Waals surface area contributed by atoms with Crippen molar-refractivity contribution >= 4 is 11.9 Å². The SMILES string of the molecule is CN(C)c1ncc(-c2cccc(F)c2)c([C@H]2CCCN(C(=O)CC3(O)CCCCC3)C2)n1. The first-order valence-electron chi connectivity index (χ1n) is 11.6. The second kappa shape index (κ2) is 9.53. The van der Waals surface area contributed by atoms with Gasteiger partial charge in [0, 0.05) is 44.9 Å². The van der Waals surface area contributed by atoms with Crippen LogP contribution in [-0.4, -0.2) is 58.7 Å². The van der Waals surface area contributed by atoms with Gasteiger partial charge in [0.25, 0.3) is 0 Å². The average molecular weight is 441 g/mol. The van der Waals surface area contributed by atoms with Gasteiger partial charge in [-0.2, -0.15) is 0 Å². The average Bonchev–Trinajstić information content (AvgIpc) is 2.79. The molecule has 7 heteroatoms. The highest BCUT2D eigenvalue weighted by Crippen LogP contribution is 2.36. The van der Waals surface area contributed by atoms with Crippen LogP contribution >= 0.6 is 0 Å². The second-order valence-corrected chi connectivity index (χ2v) is 9.51. The molecule has 0 unspecified atom stereocenters. The third kappa shape index (κ3) is 5.09. The maximum atomic E-state index is 13.9. The Morgan fingerprint density at radius 1 is 1.25 bits per heavy atom. The van der Waals surface area contributed by atoms with E-state index in [4.69, 9.17) is 4.98 Å². The zero-order valence-electron chi connectivity index (χ0n) is 19.1. The number of anilines is 1. The van der Waals surface area contributed by atoms with Crippen molar-refractivity contribution in [1.82, 2.24) is 14.9 Å². The van der Waals surface area contributed by atoms with Crippen LogP contribution in [0, 0.1) is 5.82 Å². The highest BCUT2D eigenvalue weighted by Gasteiger charge is 2.35. The first-order chi connectivity index (χ1) is 15.3. The summed E-state index contributed by atoms with van der Waals surface area (Å²) in [6, 6.07) is 6.48. The third-order valence-electron chi connectivity index (χ3n) is 6.77. The fraction of sp³-hybridized carbons (Fsp3) is 0.560. The number of halogens is 1. The zero-order chi connectivity index (χ0) is 22.7. The molecule has 1 atom stereocenters. The molecule has 6 nitrogen and oxygen atoms in total. The van der Waals surface area contributed by atoms with Crippen molar-refractivity contribution in [2.75, 3.05) is 32.1 Å². The number of benzene rings is 1. The van der Waals surface area contributed by atoms with E-state index in [0.717, 1.165) is 48.9 Å². The van der Waals surface area contributed by atoms with Crippen LogP contribution in [0.1, 0.15) is 63.0 Å². The number of carbonyl (C=O) groups excluding carboxylic acids is 1. The van der Waals surface area contributed by atoms with Gasteiger partial charge >= 0.3 is 0 Å². The van der Waals surface area contributed by atoms with Gasteiger partial charge in [-0.25, -0.2) is 14.4 Å². The van der Waals surface area contributed by atoms with Crippen molar-refractivity contribution in [2.24, 2.45) is 0 Å². The Morgan fingerprint density at radius 2 is 2.03 bits per heavy atom. The summed E-state index contributed by atoms with van der Waals surface area (Å²) in [5, 5.41) is 10.9. The van der Waals surface area contributed by atoms with Crippen LogP contribution in [0.3, 0.4) is 0 Å². The monoisotopic (exact) mass is 440 g/mol. The Bertz CT molecular complexity index is 959. The minimum atomic E-state index is -0.859. The molecule has 0 bridgehead atoms. The van der Waals surface area contributed by atoms with Crippen LogP contribution in [0.2, 0.25) is 0 Å². The molecule has 2 aliphatic rings. The van der Waals surface area contributed by atoms with Crippen LogP contribution < -0.4 is 4.90 Å². The number of likely N-dealkylation sites (tertiary alicyclic amines) is 1. The first-order valence-corrected chi connectivity index (χ1v) is 11.6. The van der Waals surface area contributed by atoms with E-state index >= 15 is 0 Å². The Morgan fingerprint density at radius 3 is 2.75 bits per heavy atom. The van der Waals surface area contributed by atoms with Gasteiger partial charge in [-0.05, 0) is 43.4 Å². The van der Waals surface area contributed by atoms with Crippen molar-refractivity contribution < 1.29 is 14.3 Å². The lowest BCUT2D eigenvalue weighted by molar-refractivity contribution is -0.139. The smallest absolute Gasteiger partial charge is 0.225 e. The van der Waals surface area contributed by atoms with Gasteiger partial charge in [-0.15, -0.1) is 0 Å². The molecule has 0 radical (unpaired) electrons. The normalized spacial score (nSPS) is 20.8. The highest BCUT2D eigenvalue weighted by molar-refractivity contribution is 5.77. The van der Waals surface area contributed by atoms with Crippen molar-refractivity contribution in [2.45, 2.75) is 62.9 Å². The van der Waals surface area contributed by atoms with E-state index in [9.17, 15) is 14.3 Å². The molecule has 1 saturated heterocycles. The number of rotatable bonds is 5. The fourth-order valence-corrected chi connectivity index (χ4v) is 5.00. The van der Waals surface area contributed by atoms with Gasteiger partial charge in [0.15, 0.2) is 0 Å². The van der Waals surface area contributed by atoms with E-state index in [0.29, 0.717) is 31.9 Å². The fourth-order valence-electron chi connectivity index (χ4n) is 5.00. The van der Waals surface area contributed by atoms with Crippen LogP contribution in [0.25, 0.3) is 11.1 Å². The van der Waals surface area contributed by atoms with Crippen molar-refractivity contribution in [3.05, 3.63) is 42.0 Å². The number of aromatic nitrogens is 2. The molecule has 1 aliphatic carbocycles. The molecule has 1 aliphatic heterocycles. The minimum Gasteiger partial charge on any atom is -0.389 e. The van der Waals surface area contributed by atoms with Gasteiger partial charge in [0.05, 0.1) is 17.7 Å². The van der Waals surface area contributed by atoms with E-state index in [1.807, 2.05) is 30.0 Å². The van der Waals surface area contributed by atoms with Gasteiger partial charge < -0.3 is 14.9 Å². The molecule has 4 rings (SSSR count). The quantitative estimate of drug-likeness (QED) is 0.757. The molecule has 2 aromatic rings. The lowest BCUT2D eigenvalue weighted by atomic mass is 9.82.